The summed E-state index contributed by atoms with van der Waals surface area (Å²) in [6.07, 6.45) is 5.21. The number of nitrogens with one attached hydrogen (secondary N) is 1. The maximum absolute atomic E-state index is 9.61. The molecular weight excluding hydrogens is 186 g/mol. The molecule has 1 fully saturated rings. The average molecular weight is 213 g/mol. The van der Waals surface area contributed by atoms with Gasteiger partial charge in [0.25, 0.3) is 0 Å². The van der Waals surface area contributed by atoms with E-state index in [0.29, 0.717) is 0 Å². The Kier molecular flexibility index (Phi) is 4.60. The van der Waals surface area contributed by atoms with E-state index >= 15 is 0 Å². The molecule has 2 heteroatoms. The van der Waals surface area contributed by atoms with Crippen LogP contribution in [-0.4, -0.2) is 23.3 Å². The van der Waals surface area contributed by atoms with Gasteiger partial charge in [-0.25, -0.2) is 0 Å². The molecule has 2 N–H and O–H groups in total. The first-order valence-electron chi connectivity index (χ1n) is 6.36. The summed E-state index contributed by atoms with van der Waals surface area (Å²) < 4.78 is 0. The number of hydrogen-bond acceptors (Lipinski definition) is 2. The van der Waals surface area contributed by atoms with Crippen molar-refractivity contribution in [3.8, 4) is 0 Å². The van der Waals surface area contributed by atoms with Gasteiger partial charge in [0.2, 0.25) is 0 Å². The van der Waals surface area contributed by atoms with Crippen LogP contribution in [0, 0.1) is 11.8 Å². The Morgan fingerprint density at radius 2 is 1.93 bits per heavy atom. The molecule has 1 aliphatic carbocycles. The summed E-state index contributed by atoms with van der Waals surface area (Å²) in [4.78, 5) is 0. The maximum Gasteiger partial charge on any atom is 0.0688 e. The maximum atomic E-state index is 9.61. The Hall–Kier alpha value is -0.0800. The normalized spacial score (nSPS) is 30.2. The molecule has 0 aliphatic heterocycles. The second-order valence-corrected chi connectivity index (χ2v) is 5.80. The molecule has 1 rings (SSSR count). The molecule has 15 heavy (non-hydrogen) atoms. The van der Waals surface area contributed by atoms with E-state index < -0.39 is 0 Å². The molecule has 1 saturated carbocycles. The Balaban J connectivity index is 2.35. The molecule has 0 amide bonds. The van der Waals surface area contributed by atoms with Crippen LogP contribution in [0.1, 0.15) is 53.4 Å². The van der Waals surface area contributed by atoms with Gasteiger partial charge in [-0.05, 0) is 45.6 Å². The summed E-state index contributed by atoms with van der Waals surface area (Å²) in [6.45, 7) is 9.42. The van der Waals surface area contributed by atoms with E-state index in [1.165, 1.54) is 25.7 Å². The molecule has 3 atom stereocenters. The zero-order valence-corrected chi connectivity index (χ0v) is 10.7. The molecule has 0 saturated heterocycles. The minimum atomic E-state index is -0.295. The fourth-order valence-corrected chi connectivity index (χ4v) is 2.24. The topological polar surface area (TPSA) is 32.3 Å². The SMILES string of the molecule is CC1CCCCC1CNC(C)(C)C(C)O. The summed E-state index contributed by atoms with van der Waals surface area (Å²) in [5.74, 6) is 1.65. The standard InChI is InChI=1S/C13H27NO/c1-10-7-5-6-8-12(10)9-14-13(3,4)11(2)15/h10-12,14-15H,5-9H2,1-4H3. The van der Waals surface area contributed by atoms with Gasteiger partial charge in [0, 0.05) is 5.54 Å². The lowest BCUT2D eigenvalue weighted by Crippen LogP contribution is -2.50. The first-order valence-corrected chi connectivity index (χ1v) is 6.36. The summed E-state index contributed by atoms with van der Waals surface area (Å²) in [5.41, 5.74) is -0.156. The van der Waals surface area contributed by atoms with Crippen LogP contribution >= 0.6 is 0 Å². The monoisotopic (exact) mass is 213 g/mol. The second-order valence-electron chi connectivity index (χ2n) is 5.80. The molecule has 2 nitrogen and oxygen atoms in total. The lowest BCUT2D eigenvalue weighted by molar-refractivity contribution is 0.0880. The van der Waals surface area contributed by atoms with Gasteiger partial charge in [0.1, 0.15) is 0 Å². The van der Waals surface area contributed by atoms with Crippen molar-refractivity contribution in [2.24, 2.45) is 11.8 Å². The number of rotatable bonds is 4. The van der Waals surface area contributed by atoms with Crippen LogP contribution in [0.3, 0.4) is 0 Å². The van der Waals surface area contributed by atoms with Crippen LogP contribution in [0.15, 0.2) is 0 Å². The highest BCUT2D eigenvalue weighted by Gasteiger charge is 2.27. The third kappa shape index (κ3) is 3.76. The third-order valence-electron chi connectivity index (χ3n) is 4.15. The largest absolute Gasteiger partial charge is 0.392 e. The minimum absolute atomic E-state index is 0.156. The summed E-state index contributed by atoms with van der Waals surface area (Å²) in [5, 5.41) is 13.1. The Morgan fingerprint density at radius 1 is 1.33 bits per heavy atom. The molecule has 1 aliphatic rings. The van der Waals surface area contributed by atoms with E-state index in [2.05, 4.69) is 26.1 Å². The molecule has 0 heterocycles. The number of aliphatic hydroxyl groups excluding tert-OH is 1. The van der Waals surface area contributed by atoms with Gasteiger partial charge in [-0.1, -0.05) is 26.2 Å². The van der Waals surface area contributed by atoms with Crippen molar-refractivity contribution >= 4 is 0 Å². The van der Waals surface area contributed by atoms with Crippen LogP contribution in [-0.2, 0) is 0 Å². The lowest BCUT2D eigenvalue weighted by Gasteiger charge is -2.35. The van der Waals surface area contributed by atoms with Crippen molar-refractivity contribution in [1.82, 2.24) is 5.32 Å². The van der Waals surface area contributed by atoms with Crippen molar-refractivity contribution < 1.29 is 5.11 Å². The van der Waals surface area contributed by atoms with Gasteiger partial charge in [0.15, 0.2) is 0 Å². The Morgan fingerprint density at radius 3 is 2.47 bits per heavy atom. The molecule has 0 bridgehead atoms. The third-order valence-corrected chi connectivity index (χ3v) is 4.15. The molecule has 0 aromatic carbocycles. The zero-order valence-electron chi connectivity index (χ0n) is 10.7. The first kappa shape index (κ1) is 13.0. The van der Waals surface area contributed by atoms with Gasteiger partial charge in [-0.15, -0.1) is 0 Å². The molecule has 0 aromatic rings. The summed E-state index contributed by atoms with van der Waals surface area (Å²) in [6, 6.07) is 0. The molecule has 3 unspecified atom stereocenters. The Labute approximate surface area is 94.5 Å². The van der Waals surface area contributed by atoms with Crippen LogP contribution in [0.4, 0.5) is 0 Å². The van der Waals surface area contributed by atoms with Crippen LogP contribution in [0.2, 0.25) is 0 Å². The van der Waals surface area contributed by atoms with Crippen molar-refractivity contribution in [3.05, 3.63) is 0 Å². The molecule has 0 aromatic heterocycles. The highest BCUT2D eigenvalue weighted by Crippen LogP contribution is 2.29. The van der Waals surface area contributed by atoms with Gasteiger partial charge < -0.3 is 10.4 Å². The number of aliphatic hydroxyl groups is 1. The van der Waals surface area contributed by atoms with Gasteiger partial charge in [-0.3, -0.25) is 0 Å². The van der Waals surface area contributed by atoms with Gasteiger partial charge >= 0.3 is 0 Å². The van der Waals surface area contributed by atoms with Crippen LogP contribution < -0.4 is 5.32 Å². The fourth-order valence-electron chi connectivity index (χ4n) is 2.24. The molecule has 90 valence electrons. The van der Waals surface area contributed by atoms with Crippen molar-refractivity contribution in [2.45, 2.75) is 65.0 Å². The molecule has 0 radical (unpaired) electrons. The average Bonchev–Trinajstić information content (AvgIpc) is 2.16. The lowest BCUT2D eigenvalue weighted by atomic mass is 9.80. The highest BCUT2D eigenvalue weighted by atomic mass is 16.3. The van der Waals surface area contributed by atoms with Crippen molar-refractivity contribution in [2.75, 3.05) is 6.54 Å². The zero-order chi connectivity index (χ0) is 11.5. The fraction of sp³-hybridized carbons (Fsp3) is 1.00. The van der Waals surface area contributed by atoms with Crippen molar-refractivity contribution in [1.29, 1.82) is 0 Å². The van der Waals surface area contributed by atoms with E-state index in [-0.39, 0.29) is 11.6 Å². The first-order chi connectivity index (χ1) is 6.93. The van der Waals surface area contributed by atoms with E-state index in [4.69, 9.17) is 0 Å². The highest BCUT2D eigenvalue weighted by molar-refractivity contribution is 4.85. The smallest absolute Gasteiger partial charge is 0.0688 e. The van der Waals surface area contributed by atoms with Gasteiger partial charge in [-0.2, -0.15) is 0 Å². The molecular formula is C13H27NO. The van der Waals surface area contributed by atoms with Crippen LogP contribution in [0.25, 0.3) is 0 Å². The van der Waals surface area contributed by atoms with E-state index in [1.54, 1.807) is 0 Å². The quantitative estimate of drug-likeness (QED) is 0.752. The summed E-state index contributed by atoms with van der Waals surface area (Å²) >= 11 is 0. The number of hydrogen-bond donors (Lipinski definition) is 2. The van der Waals surface area contributed by atoms with E-state index in [0.717, 1.165) is 18.4 Å². The van der Waals surface area contributed by atoms with E-state index in [1.807, 2.05) is 6.92 Å². The van der Waals surface area contributed by atoms with Crippen molar-refractivity contribution in [3.63, 3.8) is 0 Å². The predicted molar refractivity (Wildman–Crippen MR) is 64.9 cm³/mol. The predicted octanol–water partition coefficient (Wildman–Crippen LogP) is 2.56. The Bertz CT molecular complexity index is 189. The van der Waals surface area contributed by atoms with Crippen LogP contribution in [0.5, 0.6) is 0 Å². The second kappa shape index (κ2) is 5.31. The van der Waals surface area contributed by atoms with E-state index in [9.17, 15) is 5.11 Å². The molecule has 0 spiro atoms. The minimum Gasteiger partial charge on any atom is -0.392 e. The van der Waals surface area contributed by atoms with Gasteiger partial charge in [0.05, 0.1) is 6.10 Å². The summed E-state index contributed by atoms with van der Waals surface area (Å²) in [7, 11) is 0.